The zero-order valence-corrected chi connectivity index (χ0v) is 14.2. The van der Waals surface area contributed by atoms with E-state index in [0.29, 0.717) is 0 Å². The van der Waals surface area contributed by atoms with Crippen molar-refractivity contribution < 1.29 is 5.11 Å². The van der Waals surface area contributed by atoms with E-state index >= 15 is 0 Å². The zero-order valence-electron chi connectivity index (χ0n) is 14.2. The Labute approximate surface area is 129 Å². The standard InChI is InChI=1S/C18H30N2O/c1-14-12-15(13-19-17(2,3)4)6-7-16(14)20-10-8-18(5,21)9-11-20/h6-7,12,19,21H,8-11,13H2,1-5H3. The van der Waals surface area contributed by atoms with Gasteiger partial charge in [0, 0.05) is 30.9 Å². The summed E-state index contributed by atoms with van der Waals surface area (Å²) in [5.41, 5.74) is 3.62. The Kier molecular flexibility index (Phi) is 4.64. The molecule has 1 heterocycles. The summed E-state index contributed by atoms with van der Waals surface area (Å²) in [7, 11) is 0. The number of hydrogen-bond donors (Lipinski definition) is 2. The van der Waals surface area contributed by atoms with E-state index in [1.54, 1.807) is 0 Å². The highest BCUT2D eigenvalue weighted by atomic mass is 16.3. The van der Waals surface area contributed by atoms with Gasteiger partial charge < -0.3 is 15.3 Å². The quantitative estimate of drug-likeness (QED) is 0.897. The molecule has 1 aliphatic heterocycles. The van der Waals surface area contributed by atoms with E-state index in [4.69, 9.17) is 0 Å². The minimum Gasteiger partial charge on any atom is -0.390 e. The summed E-state index contributed by atoms with van der Waals surface area (Å²) in [4.78, 5) is 2.40. The molecule has 2 N–H and O–H groups in total. The molecule has 0 aromatic heterocycles. The van der Waals surface area contributed by atoms with Crippen LogP contribution in [0.5, 0.6) is 0 Å². The van der Waals surface area contributed by atoms with Gasteiger partial charge in [-0.1, -0.05) is 12.1 Å². The van der Waals surface area contributed by atoms with Crippen LogP contribution in [0.1, 0.15) is 51.7 Å². The van der Waals surface area contributed by atoms with Crippen LogP contribution in [-0.4, -0.2) is 29.3 Å². The molecule has 1 aromatic carbocycles. The summed E-state index contributed by atoms with van der Waals surface area (Å²) < 4.78 is 0. The van der Waals surface area contributed by atoms with E-state index in [2.05, 4.69) is 56.1 Å². The van der Waals surface area contributed by atoms with Gasteiger partial charge in [0.15, 0.2) is 0 Å². The molecule has 0 amide bonds. The Morgan fingerprint density at radius 2 is 1.86 bits per heavy atom. The molecule has 0 saturated carbocycles. The van der Waals surface area contributed by atoms with Crippen LogP contribution in [0.15, 0.2) is 18.2 Å². The third kappa shape index (κ3) is 4.72. The van der Waals surface area contributed by atoms with E-state index in [9.17, 15) is 5.11 Å². The minimum atomic E-state index is -0.485. The van der Waals surface area contributed by atoms with Crippen molar-refractivity contribution in [1.82, 2.24) is 5.32 Å². The number of nitrogens with zero attached hydrogens (tertiary/aromatic N) is 1. The van der Waals surface area contributed by atoms with Crippen molar-refractivity contribution in [2.75, 3.05) is 18.0 Å². The molecule has 0 radical (unpaired) electrons. The largest absolute Gasteiger partial charge is 0.390 e. The van der Waals surface area contributed by atoms with Crippen molar-refractivity contribution in [1.29, 1.82) is 0 Å². The van der Waals surface area contributed by atoms with E-state index in [1.807, 2.05) is 6.92 Å². The Hall–Kier alpha value is -1.06. The van der Waals surface area contributed by atoms with Gasteiger partial charge in [-0.3, -0.25) is 0 Å². The van der Waals surface area contributed by atoms with Crippen LogP contribution in [0.2, 0.25) is 0 Å². The van der Waals surface area contributed by atoms with Crippen LogP contribution in [0.3, 0.4) is 0 Å². The van der Waals surface area contributed by atoms with Gasteiger partial charge in [-0.15, -0.1) is 0 Å². The van der Waals surface area contributed by atoms with E-state index < -0.39 is 5.60 Å². The van der Waals surface area contributed by atoms with Gasteiger partial charge in [0.1, 0.15) is 0 Å². The van der Waals surface area contributed by atoms with Crippen LogP contribution in [0.4, 0.5) is 5.69 Å². The van der Waals surface area contributed by atoms with Crippen molar-refractivity contribution in [3.05, 3.63) is 29.3 Å². The van der Waals surface area contributed by atoms with E-state index in [-0.39, 0.29) is 5.54 Å². The molecular weight excluding hydrogens is 260 g/mol. The van der Waals surface area contributed by atoms with Gasteiger partial charge in [-0.25, -0.2) is 0 Å². The maximum absolute atomic E-state index is 10.1. The van der Waals surface area contributed by atoms with Crippen molar-refractivity contribution in [2.45, 2.75) is 65.1 Å². The maximum atomic E-state index is 10.1. The lowest BCUT2D eigenvalue weighted by molar-refractivity contribution is 0.0351. The lowest BCUT2D eigenvalue weighted by Crippen LogP contribution is -2.42. The number of anilines is 1. The number of aryl methyl sites for hydroxylation is 1. The molecule has 1 aliphatic rings. The first-order valence-corrected chi connectivity index (χ1v) is 7.98. The molecule has 3 nitrogen and oxygen atoms in total. The van der Waals surface area contributed by atoms with Crippen molar-refractivity contribution >= 4 is 5.69 Å². The zero-order chi connectivity index (χ0) is 15.7. The van der Waals surface area contributed by atoms with E-state index in [0.717, 1.165) is 32.5 Å². The first kappa shape index (κ1) is 16.3. The highest BCUT2D eigenvalue weighted by Gasteiger charge is 2.27. The molecule has 2 rings (SSSR count). The topological polar surface area (TPSA) is 35.5 Å². The molecule has 1 fully saturated rings. The third-order valence-electron chi connectivity index (χ3n) is 4.27. The van der Waals surface area contributed by atoms with Crippen molar-refractivity contribution in [3.8, 4) is 0 Å². The van der Waals surface area contributed by atoms with Gasteiger partial charge in [0.05, 0.1) is 5.60 Å². The average Bonchev–Trinajstić information content (AvgIpc) is 2.36. The fraction of sp³-hybridized carbons (Fsp3) is 0.667. The monoisotopic (exact) mass is 290 g/mol. The second kappa shape index (κ2) is 5.98. The second-order valence-electron chi connectivity index (χ2n) is 7.71. The number of piperidine rings is 1. The molecular formula is C18H30N2O. The smallest absolute Gasteiger partial charge is 0.0653 e. The van der Waals surface area contributed by atoms with E-state index in [1.165, 1.54) is 16.8 Å². The number of nitrogens with one attached hydrogen (secondary N) is 1. The van der Waals surface area contributed by atoms with Crippen LogP contribution in [0.25, 0.3) is 0 Å². The first-order valence-electron chi connectivity index (χ1n) is 7.98. The summed E-state index contributed by atoms with van der Waals surface area (Å²) in [5, 5.41) is 13.6. The van der Waals surface area contributed by atoms with Crippen molar-refractivity contribution in [3.63, 3.8) is 0 Å². The Balaban J connectivity index is 2.03. The normalized spacial score (nSPS) is 18.9. The molecule has 118 valence electrons. The number of hydrogen-bond acceptors (Lipinski definition) is 3. The SMILES string of the molecule is Cc1cc(CNC(C)(C)C)ccc1N1CCC(C)(O)CC1. The molecule has 1 aromatic rings. The Bertz CT molecular complexity index is 478. The predicted molar refractivity (Wildman–Crippen MR) is 89.8 cm³/mol. The van der Waals surface area contributed by atoms with Gasteiger partial charge >= 0.3 is 0 Å². The summed E-state index contributed by atoms with van der Waals surface area (Å²) >= 11 is 0. The molecule has 21 heavy (non-hydrogen) atoms. The maximum Gasteiger partial charge on any atom is 0.0653 e. The molecule has 0 spiro atoms. The van der Waals surface area contributed by atoms with Gasteiger partial charge in [-0.2, -0.15) is 0 Å². The highest BCUT2D eigenvalue weighted by molar-refractivity contribution is 5.55. The average molecular weight is 290 g/mol. The summed E-state index contributed by atoms with van der Waals surface area (Å²) in [6, 6.07) is 6.73. The van der Waals surface area contributed by atoms with Crippen LogP contribution >= 0.6 is 0 Å². The van der Waals surface area contributed by atoms with Crippen LogP contribution < -0.4 is 10.2 Å². The van der Waals surface area contributed by atoms with Gasteiger partial charge in [0.2, 0.25) is 0 Å². The highest BCUT2D eigenvalue weighted by Crippen LogP contribution is 2.28. The second-order valence-corrected chi connectivity index (χ2v) is 7.71. The lowest BCUT2D eigenvalue weighted by atomic mass is 9.93. The number of aliphatic hydroxyl groups is 1. The van der Waals surface area contributed by atoms with Gasteiger partial charge in [-0.05, 0) is 64.7 Å². The number of benzene rings is 1. The van der Waals surface area contributed by atoms with Gasteiger partial charge in [0.25, 0.3) is 0 Å². The van der Waals surface area contributed by atoms with Crippen LogP contribution in [0, 0.1) is 6.92 Å². The molecule has 0 bridgehead atoms. The third-order valence-corrected chi connectivity index (χ3v) is 4.27. The summed E-state index contributed by atoms with van der Waals surface area (Å²) in [6.45, 7) is 13.5. The Morgan fingerprint density at radius 3 is 2.38 bits per heavy atom. The summed E-state index contributed by atoms with van der Waals surface area (Å²) in [5.74, 6) is 0. The predicted octanol–water partition coefficient (Wildman–Crippen LogP) is 3.23. The number of rotatable bonds is 3. The van der Waals surface area contributed by atoms with Crippen LogP contribution in [-0.2, 0) is 6.54 Å². The molecule has 0 unspecified atom stereocenters. The fourth-order valence-corrected chi connectivity index (χ4v) is 2.78. The lowest BCUT2D eigenvalue weighted by Gasteiger charge is -2.38. The molecule has 0 aliphatic carbocycles. The summed E-state index contributed by atoms with van der Waals surface area (Å²) in [6.07, 6.45) is 1.69. The molecule has 3 heteroatoms. The molecule has 1 saturated heterocycles. The first-order chi connectivity index (χ1) is 9.66. The minimum absolute atomic E-state index is 0.144. The Morgan fingerprint density at radius 1 is 1.24 bits per heavy atom. The molecule has 0 atom stereocenters. The van der Waals surface area contributed by atoms with Crippen molar-refractivity contribution in [2.24, 2.45) is 0 Å². The fourth-order valence-electron chi connectivity index (χ4n) is 2.78.